The quantitative estimate of drug-likeness (QED) is 0.943. The number of hydrogen-bond donors (Lipinski definition) is 1. The molecular formula is C17H18N4OS. The summed E-state index contributed by atoms with van der Waals surface area (Å²) in [6.07, 6.45) is 0. The number of anilines is 1. The number of nitrogens with one attached hydrogen (secondary N) is 1. The highest BCUT2D eigenvalue weighted by atomic mass is 32.1. The van der Waals surface area contributed by atoms with E-state index in [1.165, 1.54) is 4.88 Å². The Bertz CT molecular complexity index is 682. The summed E-state index contributed by atoms with van der Waals surface area (Å²) in [7, 11) is 0. The Balaban J connectivity index is 1.48. The van der Waals surface area contributed by atoms with Crippen molar-refractivity contribution in [2.24, 2.45) is 0 Å². The van der Waals surface area contributed by atoms with E-state index in [2.05, 4.69) is 33.8 Å². The number of nitrogens with zero attached hydrogens (tertiary/aromatic N) is 3. The van der Waals surface area contributed by atoms with E-state index < -0.39 is 0 Å². The van der Waals surface area contributed by atoms with Crippen LogP contribution in [0.25, 0.3) is 0 Å². The molecule has 1 fully saturated rings. The highest BCUT2D eigenvalue weighted by Gasteiger charge is 2.21. The van der Waals surface area contributed by atoms with Crippen molar-refractivity contribution < 1.29 is 4.79 Å². The summed E-state index contributed by atoms with van der Waals surface area (Å²) < 4.78 is 0. The van der Waals surface area contributed by atoms with E-state index in [1.807, 2.05) is 4.90 Å². The fraction of sp³-hybridized carbons (Fsp3) is 0.294. The van der Waals surface area contributed by atoms with Crippen LogP contribution in [-0.4, -0.2) is 42.0 Å². The minimum atomic E-state index is -0.0783. The van der Waals surface area contributed by atoms with Crippen molar-refractivity contribution in [2.45, 2.75) is 6.54 Å². The summed E-state index contributed by atoms with van der Waals surface area (Å²) in [6, 6.07) is 13.1. The average molecular weight is 326 g/mol. The number of piperazine rings is 1. The van der Waals surface area contributed by atoms with Crippen LogP contribution in [0.15, 0.2) is 41.8 Å². The van der Waals surface area contributed by atoms with Crippen LogP contribution in [0.2, 0.25) is 0 Å². The molecule has 0 unspecified atom stereocenters. The molecule has 1 saturated heterocycles. The zero-order valence-corrected chi connectivity index (χ0v) is 13.6. The SMILES string of the molecule is N#Cc1ccc(NC(=O)N2CCN(Cc3cccs3)CC2)cc1. The van der Waals surface area contributed by atoms with Crippen molar-refractivity contribution in [3.8, 4) is 6.07 Å². The molecule has 1 aliphatic rings. The first-order valence-electron chi connectivity index (χ1n) is 7.55. The zero-order chi connectivity index (χ0) is 16.1. The normalized spacial score (nSPS) is 15.2. The van der Waals surface area contributed by atoms with E-state index in [4.69, 9.17) is 5.26 Å². The largest absolute Gasteiger partial charge is 0.322 e. The number of carbonyl (C=O) groups excluding carboxylic acids is 1. The minimum absolute atomic E-state index is 0.0783. The molecule has 0 saturated carbocycles. The highest BCUT2D eigenvalue weighted by Crippen LogP contribution is 2.15. The van der Waals surface area contributed by atoms with Gasteiger partial charge >= 0.3 is 6.03 Å². The van der Waals surface area contributed by atoms with Crippen LogP contribution < -0.4 is 5.32 Å². The third-order valence-corrected chi connectivity index (χ3v) is 4.75. The smallest absolute Gasteiger partial charge is 0.321 e. The Kier molecular flexibility index (Phi) is 4.91. The molecule has 0 atom stereocenters. The van der Waals surface area contributed by atoms with Gasteiger partial charge in [0.2, 0.25) is 0 Å². The molecule has 0 spiro atoms. The molecule has 118 valence electrons. The summed E-state index contributed by atoms with van der Waals surface area (Å²) in [5.74, 6) is 0. The van der Waals surface area contributed by atoms with Gasteiger partial charge in [-0.2, -0.15) is 5.26 Å². The number of rotatable bonds is 3. The summed E-state index contributed by atoms with van der Waals surface area (Å²) >= 11 is 1.77. The van der Waals surface area contributed by atoms with Crippen LogP contribution >= 0.6 is 11.3 Å². The highest BCUT2D eigenvalue weighted by molar-refractivity contribution is 7.09. The first kappa shape index (κ1) is 15.5. The fourth-order valence-corrected chi connectivity index (χ4v) is 3.31. The molecule has 0 bridgehead atoms. The number of urea groups is 1. The topological polar surface area (TPSA) is 59.4 Å². The van der Waals surface area contributed by atoms with Crippen molar-refractivity contribution in [1.82, 2.24) is 9.80 Å². The average Bonchev–Trinajstić information content (AvgIpc) is 3.09. The van der Waals surface area contributed by atoms with Gasteiger partial charge in [0.1, 0.15) is 0 Å². The van der Waals surface area contributed by atoms with Crippen LogP contribution in [-0.2, 0) is 6.54 Å². The summed E-state index contributed by atoms with van der Waals surface area (Å²) in [5.41, 5.74) is 1.31. The third-order valence-electron chi connectivity index (χ3n) is 3.88. The molecule has 5 nitrogen and oxygen atoms in total. The number of benzene rings is 1. The molecular weight excluding hydrogens is 308 g/mol. The van der Waals surface area contributed by atoms with Crippen molar-refractivity contribution in [2.75, 3.05) is 31.5 Å². The fourth-order valence-electron chi connectivity index (χ4n) is 2.56. The van der Waals surface area contributed by atoms with E-state index in [0.717, 1.165) is 38.4 Å². The van der Waals surface area contributed by atoms with E-state index in [-0.39, 0.29) is 6.03 Å². The maximum atomic E-state index is 12.3. The molecule has 2 heterocycles. The van der Waals surface area contributed by atoms with Gasteiger partial charge in [-0.15, -0.1) is 11.3 Å². The lowest BCUT2D eigenvalue weighted by atomic mass is 10.2. The van der Waals surface area contributed by atoms with Crippen molar-refractivity contribution in [3.05, 3.63) is 52.2 Å². The maximum absolute atomic E-state index is 12.3. The molecule has 3 rings (SSSR count). The number of carbonyl (C=O) groups is 1. The minimum Gasteiger partial charge on any atom is -0.322 e. The van der Waals surface area contributed by atoms with Gasteiger partial charge in [-0.25, -0.2) is 4.79 Å². The third kappa shape index (κ3) is 4.09. The first-order chi connectivity index (χ1) is 11.2. The Labute approximate surface area is 139 Å². The number of hydrogen-bond acceptors (Lipinski definition) is 4. The molecule has 1 aromatic heterocycles. The van der Waals surface area contributed by atoms with Crippen molar-refractivity contribution in [1.29, 1.82) is 5.26 Å². The van der Waals surface area contributed by atoms with Crippen LogP contribution in [0.1, 0.15) is 10.4 Å². The summed E-state index contributed by atoms with van der Waals surface area (Å²) in [5, 5.41) is 13.8. The number of thiophene rings is 1. The van der Waals surface area contributed by atoms with Gasteiger partial charge in [0, 0.05) is 43.3 Å². The van der Waals surface area contributed by atoms with Gasteiger partial charge < -0.3 is 10.2 Å². The predicted molar refractivity (Wildman–Crippen MR) is 91.3 cm³/mol. The molecule has 2 amide bonds. The van der Waals surface area contributed by atoms with Crippen LogP contribution in [0, 0.1) is 11.3 Å². The molecule has 23 heavy (non-hydrogen) atoms. The predicted octanol–water partition coefficient (Wildman–Crippen LogP) is 2.97. The lowest BCUT2D eigenvalue weighted by Gasteiger charge is -2.34. The van der Waals surface area contributed by atoms with Crippen molar-refractivity contribution in [3.63, 3.8) is 0 Å². The second-order valence-electron chi connectivity index (χ2n) is 5.46. The lowest BCUT2D eigenvalue weighted by Crippen LogP contribution is -2.49. The Morgan fingerprint density at radius 2 is 1.91 bits per heavy atom. The Morgan fingerprint density at radius 1 is 1.17 bits per heavy atom. The van der Waals surface area contributed by atoms with Crippen LogP contribution in [0.3, 0.4) is 0 Å². The van der Waals surface area contributed by atoms with E-state index in [0.29, 0.717) is 5.56 Å². The zero-order valence-electron chi connectivity index (χ0n) is 12.7. The summed E-state index contributed by atoms with van der Waals surface area (Å²) in [6.45, 7) is 4.20. The molecule has 6 heteroatoms. The Morgan fingerprint density at radius 3 is 2.52 bits per heavy atom. The van der Waals surface area contributed by atoms with Gasteiger partial charge in [0.05, 0.1) is 11.6 Å². The van der Waals surface area contributed by atoms with Gasteiger partial charge in [0.25, 0.3) is 0 Å². The second kappa shape index (κ2) is 7.27. The van der Waals surface area contributed by atoms with Gasteiger partial charge in [-0.05, 0) is 35.7 Å². The molecule has 0 aliphatic carbocycles. The van der Waals surface area contributed by atoms with Crippen LogP contribution in [0.4, 0.5) is 10.5 Å². The monoisotopic (exact) mass is 326 g/mol. The standard InChI is InChI=1S/C17H18N4OS/c18-12-14-3-5-15(6-4-14)19-17(22)21-9-7-20(8-10-21)13-16-2-1-11-23-16/h1-6,11H,7-10,13H2,(H,19,22). The Hall–Kier alpha value is -2.36. The van der Waals surface area contributed by atoms with Gasteiger partial charge in [0.15, 0.2) is 0 Å². The van der Waals surface area contributed by atoms with Gasteiger partial charge in [-0.3, -0.25) is 4.90 Å². The van der Waals surface area contributed by atoms with E-state index in [1.54, 1.807) is 35.6 Å². The first-order valence-corrected chi connectivity index (χ1v) is 8.43. The number of amides is 2. The van der Waals surface area contributed by atoms with Crippen LogP contribution in [0.5, 0.6) is 0 Å². The summed E-state index contributed by atoms with van der Waals surface area (Å²) in [4.78, 5) is 17.8. The molecule has 1 aromatic carbocycles. The molecule has 1 aliphatic heterocycles. The lowest BCUT2D eigenvalue weighted by molar-refractivity contribution is 0.143. The molecule has 1 N–H and O–H groups in total. The van der Waals surface area contributed by atoms with Gasteiger partial charge in [-0.1, -0.05) is 6.07 Å². The number of nitriles is 1. The second-order valence-corrected chi connectivity index (χ2v) is 6.49. The van der Waals surface area contributed by atoms with Crippen molar-refractivity contribution >= 4 is 23.1 Å². The van der Waals surface area contributed by atoms with E-state index in [9.17, 15) is 4.79 Å². The van der Waals surface area contributed by atoms with E-state index >= 15 is 0 Å². The molecule has 2 aromatic rings. The molecule has 0 radical (unpaired) electrons. The maximum Gasteiger partial charge on any atom is 0.321 e.